The van der Waals surface area contributed by atoms with Crippen LogP contribution in [0.15, 0.2) is 78.0 Å². The fraction of sp³-hybridized carbons (Fsp3) is 0.208. The van der Waals surface area contributed by atoms with E-state index in [9.17, 15) is 22.8 Å². The highest BCUT2D eigenvalue weighted by Crippen LogP contribution is 2.38. The number of hydrogen-bond donors (Lipinski definition) is 0. The van der Waals surface area contributed by atoms with Crippen LogP contribution in [0.3, 0.4) is 0 Å². The Balaban J connectivity index is 1.54. The van der Waals surface area contributed by atoms with E-state index in [4.69, 9.17) is 0 Å². The van der Waals surface area contributed by atoms with Gasteiger partial charge in [-0.1, -0.05) is 30.3 Å². The Labute approximate surface area is 193 Å². The van der Waals surface area contributed by atoms with Crippen LogP contribution >= 0.6 is 11.8 Å². The number of alkyl halides is 3. The molecule has 0 radical (unpaired) electrons. The normalized spacial score (nSPS) is 16.5. The maximum absolute atomic E-state index is 13.1. The number of pyridine rings is 1. The zero-order valence-corrected chi connectivity index (χ0v) is 18.4. The van der Waals surface area contributed by atoms with Crippen LogP contribution < -0.4 is 4.90 Å². The number of carbonyl (C=O) groups is 2. The van der Waals surface area contributed by atoms with Gasteiger partial charge in [0.2, 0.25) is 0 Å². The minimum Gasteiger partial charge on any atom is -0.308 e. The molecule has 4 rings (SSSR count). The van der Waals surface area contributed by atoms with Gasteiger partial charge in [-0.25, -0.2) is 9.69 Å². The summed E-state index contributed by atoms with van der Waals surface area (Å²) in [4.78, 5) is 32.7. The molecule has 2 aromatic carbocycles. The van der Waals surface area contributed by atoms with Gasteiger partial charge in [-0.2, -0.15) is 13.2 Å². The van der Waals surface area contributed by atoms with E-state index in [1.165, 1.54) is 29.2 Å². The van der Waals surface area contributed by atoms with E-state index in [0.29, 0.717) is 6.42 Å². The van der Waals surface area contributed by atoms with Crippen molar-refractivity contribution in [1.82, 2.24) is 9.88 Å². The van der Waals surface area contributed by atoms with Crippen molar-refractivity contribution in [2.75, 3.05) is 4.90 Å². The van der Waals surface area contributed by atoms with E-state index in [-0.39, 0.29) is 28.9 Å². The molecule has 1 atom stereocenters. The molecule has 0 bridgehead atoms. The highest BCUT2D eigenvalue weighted by atomic mass is 32.2. The second-order valence-electron chi connectivity index (χ2n) is 7.61. The average Bonchev–Trinajstić information content (AvgIpc) is 2.98. The van der Waals surface area contributed by atoms with Gasteiger partial charge in [0.1, 0.15) is 6.04 Å². The van der Waals surface area contributed by atoms with E-state index >= 15 is 0 Å². The molecule has 9 heteroatoms. The molecular formula is C24H20F3N3O2S. The lowest BCUT2D eigenvalue weighted by Crippen LogP contribution is -2.33. The van der Waals surface area contributed by atoms with Gasteiger partial charge in [-0.3, -0.25) is 9.78 Å². The lowest BCUT2D eigenvalue weighted by atomic mass is 10.0. The van der Waals surface area contributed by atoms with Crippen LogP contribution in [0, 0.1) is 0 Å². The molecule has 0 spiro atoms. The largest absolute Gasteiger partial charge is 0.446 e. The number of aromatic nitrogens is 1. The highest BCUT2D eigenvalue weighted by Gasteiger charge is 2.43. The number of anilines is 1. The standard InChI is InChI=1S/C24H20F3N3O2S/c1-16-22(31)30(20-7-9-21(10-8-20)33-24(25,26)27)23(32)29(16)15-18-11-12-28-14-19(18)13-17-5-3-2-4-6-17/h2-12,14,16H,13,15H2,1H3. The summed E-state index contributed by atoms with van der Waals surface area (Å²) in [6, 6.07) is 15.7. The number of urea groups is 1. The van der Waals surface area contributed by atoms with Crippen LogP contribution in [0.25, 0.3) is 0 Å². The van der Waals surface area contributed by atoms with E-state index in [0.717, 1.165) is 21.6 Å². The average molecular weight is 472 g/mol. The first kappa shape index (κ1) is 22.8. The first-order chi connectivity index (χ1) is 15.7. The van der Waals surface area contributed by atoms with Gasteiger partial charge in [0, 0.05) is 23.8 Å². The smallest absolute Gasteiger partial charge is 0.308 e. The molecule has 0 saturated carbocycles. The minimum atomic E-state index is -4.41. The first-order valence-electron chi connectivity index (χ1n) is 10.2. The van der Waals surface area contributed by atoms with Crippen LogP contribution in [-0.2, 0) is 17.8 Å². The van der Waals surface area contributed by atoms with Gasteiger partial charge in [-0.05, 0) is 72.1 Å². The summed E-state index contributed by atoms with van der Waals surface area (Å²) in [7, 11) is 0. The van der Waals surface area contributed by atoms with Crippen molar-refractivity contribution in [3.05, 3.63) is 89.7 Å². The third kappa shape index (κ3) is 5.19. The van der Waals surface area contributed by atoms with Crippen molar-refractivity contribution >= 4 is 29.4 Å². The highest BCUT2D eigenvalue weighted by molar-refractivity contribution is 8.00. The van der Waals surface area contributed by atoms with Crippen molar-refractivity contribution < 1.29 is 22.8 Å². The van der Waals surface area contributed by atoms with Crippen LogP contribution in [0.5, 0.6) is 0 Å². The van der Waals surface area contributed by atoms with Gasteiger partial charge >= 0.3 is 11.5 Å². The molecule has 1 aliphatic heterocycles. The molecule has 1 aliphatic rings. The van der Waals surface area contributed by atoms with Crippen LogP contribution in [0.4, 0.5) is 23.7 Å². The van der Waals surface area contributed by atoms with Crippen molar-refractivity contribution in [1.29, 1.82) is 0 Å². The molecule has 170 valence electrons. The summed E-state index contributed by atoms with van der Waals surface area (Å²) in [6.07, 6.45) is 4.03. The summed E-state index contributed by atoms with van der Waals surface area (Å²) in [6.45, 7) is 1.86. The number of hydrogen-bond acceptors (Lipinski definition) is 4. The number of nitrogens with zero attached hydrogens (tertiary/aromatic N) is 3. The Morgan fingerprint density at radius 1 is 0.970 bits per heavy atom. The summed E-state index contributed by atoms with van der Waals surface area (Å²) >= 11 is -0.246. The number of benzene rings is 2. The quantitative estimate of drug-likeness (QED) is 0.345. The molecule has 1 aromatic heterocycles. The lowest BCUT2D eigenvalue weighted by Gasteiger charge is -2.21. The second kappa shape index (κ2) is 9.27. The number of carbonyl (C=O) groups excluding carboxylic acids is 2. The Morgan fingerprint density at radius 2 is 1.67 bits per heavy atom. The fourth-order valence-electron chi connectivity index (χ4n) is 3.72. The van der Waals surface area contributed by atoms with E-state index < -0.39 is 23.5 Å². The van der Waals surface area contributed by atoms with Gasteiger partial charge in [0.15, 0.2) is 0 Å². The van der Waals surface area contributed by atoms with Gasteiger partial charge in [0.05, 0.1) is 5.69 Å². The molecule has 33 heavy (non-hydrogen) atoms. The number of amides is 3. The van der Waals surface area contributed by atoms with Gasteiger partial charge in [0.25, 0.3) is 5.91 Å². The second-order valence-corrected chi connectivity index (χ2v) is 8.75. The Hall–Kier alpha value is -3.33. The molecular weight excluding hydrogens is 451 g/mol. The van der Waals surface area contributed by atoms with Crippen molar-refractivity contribution in [3.63, 3.8) is 0 Å². The van der Waals surface area contributed by atoms with Gasteiger partial charge in [-0.15, -0.1) is 0 Å². The van der Waals surface area contributed by atoms with Crippen LogP contribution in [0.1, 0.15) is 23.6 Å². The molecule has 0 aliphatic carbocycles. The zero-order chi connectivity index (χ0) is 23.6. The summed E-state index contributed by atoms with van der Waals surface area (Å²) in [5, 5.41) is 0. The van der Waals surface area contributed by atoms with Gasteiger partial charge < -0.3 is 4.90 Å². The van der Waals surface area contributed by atoms with Crippen molar-refractivity contribution in [2.24, 2.45) is 0 Å². The zero-order valence-electron chi connectivity index (χ0n) is 17.6. The number of rotatable bonds is 6. The molecule has 3 aromatic rings. The van der Waals surface area contributed by atoms with E-state index in [2.05, 4.69) is 4.98 Å². The summed E-state index contributed by atoms with van der Waals surface area (Å²) in [5.74, 6) is -0.421. The molecule has 0 N–H and O–H groups in total. The maximum Gasteiger partial charge on any atom is 0.446 e. The predicted octanol–water partition coefficient (Wildman–Crippen LogP) is 5.64. The number of thioether (sulfide) groups is 1. The SMILES string of the molecule is CC1C(=O)N(c2ccc(SC(F)(F)F)cc2)C(=O)N1Cc1ccncc1Cc1ccccc1. The molecule has 3 amide bonds. The monoisotopic (exact) mass is 471 g/mol. The fourth-order valence-corrected chi connectivity index (χ4v) is 4.26. The van der Waals surface area contributed by atoms with Crippen molar-refractivity contribution in [3.8, 4) is 0 Å². The molecule has 5 nitrogen and oxygen atoms in total. The number of imide groups is 1. The third-order valence-corrected chi connectivity index (χ3v) is 6.13. The molecule has 2 heterocycles. The Morgan fingerprint density at radius 3 is 2.33 bits per heavy atom. The molecule has 1 unspecified atom stereocenters. The Kier molecular flexibility index (Phi) is 6.42. The third-order valence-electron chi connectivity index (χ3n) is 5.39. The topological polar surface area (TPSA) is 53.5 Å². The van der Waals surface area contributed by atoms with E-state index in [1.54, 1.807) is 19.3 Å². The van der Waals surface area contributed by atoms with Crippen LogP contribution in [0.2, 0.25) is 0 Å². The molecule has 1 fully saturated rings. The van der Waals surface area contributed by atoms with Crippen LogP contribution in [-0.4, -0.2) is 33.4 Å². The Bertz CT molecular complexity index is 1150. The maximum atomic E-state index is 13.1. The summed E-state index contributed by atoms with van der Waals surface area (Å²) < 4.78 is 37.7. The summed E-state index contributed by atoms with van der Waals surface area (Å²) in [5.41, 5.74) is -1.25. The van der Waals surface area contributed by atoms with E-state index in [1.807, 2.05) is 36.4 Å². The lowest BCUT2D eigenvalue weighted by molar-refractivity contribution is -0.119. The minimum absolute atomic E-state index is 0.0161. The molecule has 1 saturated heterocycles. The number of halogens is 3. The first-order valence-corrected chi connectivity index (χ1v) is 11.0. The van der Waals surface area contributed by atoms with Crippen molar-refractivity contribution in [2.45, 2.75) is 36.3 Å². The predicted molar refractivity (Wildman–Crippen MR) is 120 cm³/mol.